The van der Waals surface area contributed by atoms with Gasteiger partial charge in [0.25, 0.3) is 0 Å². The highest BCUT2D eigenvalue weighted by Gasteiger charge is 2.12. The quantitative estimate of drug-likeness (QED) is 0.694. The van der Waals surface area contributed by atoms with Gasteiger partial charge in [-0.2, -0.15) is 0 Å². The Labute approximate surface area is 135 Å². The molecule has 23 heavy (non-hydrogen) atoms. The van der Waals surface area contributed by atoms with Crippen LogP contribution in [0.5, 0.6) is 23.0 Å². The van der Waals surface area contributed by atoms with Crippen LogP contribution in [-0.4, -0.2) is 28.4 Å². The molecule has 0 aromatic heterocycles. The van der Waals surface area contributed by atoms with Crippen LogP contribution in [0.25, 0.3) is 0 Å². The Morgan fingerprint density at radius 3 is 1.91 bits per heavy atom. The third-order valence-corrected chi connectivity index (χ3v) is 3.26. The van der Waals surface area contributed by atoms with Crippen molar-refractivity contribution in [2.75, 3.05) is 34.2 Å². The summed E-state index contributed by atoms with van der Waals surface area (Å²) >= 11 is 0. The van der Waals surface area contributed by atoms with Gasteiger partial charge in [-0.3, -0.25) is 0 Å². The molecule has 0 heterocycles. The van der Waals surface area contributed by atoms with Gasteiger partial charge in [0.15, 0.2) is 11.5 Å². The fourth-order valence-electron chi connectivity index (χ4n) is 2.07. The number of nitrogen functional groups attached to an aromatic ring is 1. The van der Waals surface area contributed by atoms with Crippen LogP contribution in [0.3, 0.4) is 0 Å². The third-order valence-electron chi connectivity index (χ3n) is 3.26. The Morgan fingerprint density at radius 2 is 1.43 bits per heavy atom. The average Bonchev–Trinajstić information content (AvgIpc) is 2.59. The number of rotatable bonds is 4. The molecule has 0 spiro atoms. The largest absolute Gasteiger partial charge is 0.497 e. The topological polar surface area (TPSA) is 62.9 Å². The van der Waals surface area contributed by atoms with Gasteiger partial charge in [-0.15, -0.1) is 0 Å². The van der Waals surface area contributed by atoms with Crippen LogP contribution >= 0.6 is 0 Å². The van der Waals surface area contributed by atoms with Crippen LogP contribution in [-0.2, 0) is 0 Å². The molecule has 120 valence electrons. The van der Waals surface area contributed by atoms with E-state index in [1.54, 1.807) is 46.6 Å². The molecule has 0 fully saturated rings. The van der Waals surface area contributed by atoms with Crippen LogP contribution in [0.4, 0.5) is 5.69 Å². The van der Waals surface area contributed by atoms with Crippen molar-refractivity contribution in [3.05, 3.63) is 41.5 Å². The minimum atomic E-state index is 0.532. The number of methoxy groups -OCH3 is 4. The van der Waals surface area contributed by atoms with Gasteiger partial charge in [-0.05, 0) is 24.3 Å². The predicted molar refractivity (Wildman–Crippen MR) is 89.5 cm³/mol. The molecule has 0 radical (unpaired) electrons. The summed E-state index contributed by atoms with van der Waals surface area (Å²) in [5, 5.41) is 0. The van der Waals surface area contributed by atoms with Gasteiger partial charge in [0.05, 0.1) is 34.1 Å². The Hall–Kier alpha value is -3.00. The molecule has 0 aliphatic rings. The molecule has 2 rings (SSSR count). The van der Waals surface area contributed by atoms with Gasteiger partial charge >= 0.3 is 0 Å². The number of hydrogen-bond acceptors (Lipinski definition) is 5. The van der Waals surface area contributed by atoms with Crippen molar-refractivity contribution in [1.82, 2.24) is 0 Å². The number of anilines is 1. The Balaban J connectivity index is 2.41. The van der Waals surface area contributed by atoms with E-state index >= 15 is 0 Å². The SMILES string of the molecule is COc1ccc(C#Cc2cc(OC)c(OC)c(OC)c2)c(N)c1. The van der Waals surface area contributed by atoms with Crippen molar-refractivity contribution < 1.29 is 18.9 Å². The van der Waals surface area contributed by atoms with Gasteiger partial charge in [0.1, 0.15) is 5.75 Å². The summed E-state index contributed by atoms with van der Waals surface area (Å²) in [6.45, 7) is 0. The zero-order chi connectivity index (χ0) is 16.8. The highest BCUT2D eigenvalue weighted by atomic mass is 16.5. The van der Waals surface area contributed by atoms with Gasteiger partial charge < -0.3 is 24.7 Å². The second kappa shape index (κ2) is 7.32. The maximum absolute atomic E-state index is 5.97. The lowest BCUT2D eigenvalue weighted by atomic mass is 10.1. The molecular weight excluding hydrogens is 294 g/mol. The Kier molecular flexibility index (Phi) is 5.21. The van der Waals surface area contributed by atoms with E-state index in [9.17, 15) is 0 Å². The van der Waals surface area contributed by atoms with E-state index in [0.29, 0.717) is 28.7 Å². The first-order valence-corrected chi connectivity index (χ1v) is 6.88. The molecule has 2 N–H and O–H groups in total. The lowest BCUT2D eigenvalue weighted by Gasteiger charge is -2.12. The highest BCUT2D eigenvalue weighted by molar-refractivity contribution is 5.62. The Bertz CT molecular complexity index is 734. The van der Waals surface area contributed by atoms with Crippen LogP contribution in [0, 0.1) is 11.8 Å². The van der Waals surface area contributed by atoms with Crippen LogP contribution < -0.4 is 24.7 Å². The second-order valence-electron chi connectivity index (χ2n) is 4.62. The molecule has 2 aromatic carbocycles. The summed E-state index contributed by atoms with van der Waals surface area (Å²) in [7, 11) is 6.28. The standard InChI is InChI=1S/C18H19NO4/c1-20-14-8-7-13(15(19)11-14)6-5-12-9-16(21-2)18(23-4)17(10-12)22-3/h7-11H,19H2,1-4H3. The zero-order valence-electron chi connectivity index (χ0n) is 13.6. The normalized spacial score (nSPS) is 9.57. The first kappa shape index (κ1) is 16.4. The molecule has 0 bridgehead atoms. The molecule has 0 amide bonds. The maximum Gasteiger partial charge on any atom is 0.203 e. The molecular formula is C18H19NO4. The van der Waals surface area contributed by atoms with Crippen molar-refractivity contribution in [3.63, 3.8) is 0 Å². The van der Waals surface area contributed by atoms with Crippen molar-refractivity contribution in [3.8, 4) is 34.8 Å². The summed E-state index contributed by atoms with van der Waals surface area (Å²) in [5.74, 6) is 8.43. The molecule has 0 aliphatic heterocycles. The Morgan fingerprint density at radius 1 is 0.783 bits per heavy atom. The molecule has 0 aliphatic carbocycles. The van der Waals surface area contributed by atoms with E-state index in [-0.39, 0.29) is 0 Å². The molecule has 5 heteroatoms. The first-order chi connectivity index (χ1) is 11.1. The minimum Gasteiger partial charge on any atom is -0.497 e. The maximum atomic E-state index is 5.97. The molecule has 0 saturated carbocycles. The van der Waals surface area contributed by atoms with Crippen LogP contribution in [0.15, 0.2) is 30.3 Å². The first-order valence-electron chi connectivity index (χ1n) is 6.88. The van der Waals surface area contributed by atoms with Crippen molar-refractivity contribution in [2.24, 2.45) is 0 Å². The van der Waals surface area contributed by atoms with Crippen molar-refractivity contribution in [1.29, 1.82) is 0 Å². The number of ether oxygens (including phenoxy) is 4. The fourth-order valence-corrected chi connectivity index (χ4v) is 2.07. The van der Waals surface area contributed by atoms with E-state index in [4.69, 9.17) is 24.7 Å². The van der Waals surface area contributed by atoms with Gasteiger partial charge in [-0.25, -0.2) is 0 Å². The summed E-state index contributed by atoms with van der Waals surface area (Å²) < 4.78 is 21.0. The van der Waals surface area contributed by atoms with Gasteiger partial charge in [0, 0.05) is 17.2 Å². The summed E-state index contributed by atoms with van der Waals surface area (Å²) in [6.07, 6.45) is 0. The van der Waals surface area contributed by atoms with Gasteiger partial charge in [-0.1, -0.05) is 11.8 Å². The molecule has 2 aromatic rings. The van der Waals surface area contributed by atoms with E-state index in [2.05, 4.69) is 11.8 Å². The summed E-state index contributed by atoms with van der Waals surface area (Å²) in [4.78, 5) is 0. The molecule has 0 unspecified atom stereocenters. The van der Waals surface area contributed by atoms with Crippen LogP contribution in [0.1, 0.15) is 11.1 Å². The number of hydrogen-bond donors (Lipinski definition) is 1. The fraction of sp³-hybridized carbons (Fsp3) is 0.222. The predicted octanol–water partition coefficient (Wildman–Crippen LogP) is 2.70. The van der Waals surface area contributed by atoms with Crippen molar-refractivity contribution >= 4 is 5.69 Å². The van der Waals surface area contributed by atoms with E-state index < -0.39 is 0 Å². The summed E-state index contributed by atoms with van der Waals surface area (Å²) in [6, 6.07) is 8.94. The lowest BCUT2D eigenvalue weighted by Crippen LogP contribution is -1.96. The second-order valence-corrected chi connectivity index (χ2v) is 4.62. The van der Waals surface area contributed by atoms with E-state index in [1.165, 1.54) is 0 Å². The molecule has 0 atom stereocenters. The smallest absolute Gasteiger partial charge is 0.203 e. The van der Waals surface area contributed by atoms with E-state index in [1.807, 2.05) is 12.1 Å². The summed E-state index contributed by atoms with van der Waals surface area (Å²) in [5.41, 5.74) is 7.98. The molecule has 0 saturated heterocycles. The highest BCUT2D eigenvalue weighted by Crippen LogP contribution is 2.37. The average molecular weight is 313 g/mol. The minimum absolute atomic E-state index is 0.532. The van der Waals surface area contributed by atoms with Crippen LogP contribution in [0.2, 0.25) is 0 Å². The molecule has 5 nitrogen and oxygen atoms in total. The van der Waals surface area contributed by atoms with E-state index in [0.717, 1.165) is 11.1 Å². The van der Waals surface area contributed by atoms with Gasteiger partial charge in [0.2, 0.25) is 5.75 Å². The monoisotopic (exact) mass is 313 g/mol. The zero-order valence-corrected chi connectivity index (χ0v) is 13.6. The number of nitrogens with two attached hydrogens (primary N) is 1. The van der Waals surface area contributed by atoms with Crippen molar-refractivity contribution in [2.45, 2.75) is 0 Å². The number of benzene rings is 2. The lowest BCUT2D eigenvalue weighted by molar-refractivity contribution is 0.324. The third kappa shape index (κ3) is 3.61.